The molecule has 1 aromatic rings. The van der Waals surface area contributed by atoms with Crippen molar-refractivity contribution in [3.8, 4) is 0 Å². The van der Waals surface area contributed by atoms with Gasteiger partial charge in [0.2, 0.25) is 5.91 Å². The molecule has 0 aromatic heterocycles. The van der Waals surface area contributed by atoms with E-state index in [-0.39, 0.29) is 11.6 Å². The molecule has 16 heavy (non-hydrogen) atoms. The number of hydrogen-bond donors (Lipinski definition) is 1. The molecule has 0 saturated carbocycles. The number of nitrogens with one attached hydrogen (secondary N) is 1. The molecule has 0 fully saturated rings. The lowest BCUT2D eigenvalue weighted by atomic mass is 10.1. The average molecular weight is 288 g/mol. The Bertz CT molecular complexity index is 381. The minimum atomic E-state index is -0.424. The van der Waals surface area contributed by atoms with E-state index in [1.54, 1.807) is 12.1 Å². The van der Waals surface area contributed by atoms with E-state index < -0.39 is 5.82 Å². The highest BCUT2D eigenvalue weighted by molar-refractivity contribution is 9.10. The van der Waals surface area contributed by atoms with Crippen LogP contribution in [0.3, 0.4) is 0 Å². The summed E-state index contributed by atoms with van der Waals surface area (Å²) >= 11 is 3.16. The predicted molar refractivity (Wildman–Crippen MR) is 66.8 cm³/mol. The number of amides is 1. The molecule has 88 valence electrons. The summed E-state index contributed by atoms with van der Waals surface area (Å²) < 4.78 is 14.0. The first kappa shape index (κ1) is 13.2. The Morgan fingerprint density at radius 3 is 2.81 bits per heavy atom. The largest absolute Gasteiger partial charge is 0.324 e. The maximum Gasteiger partial charge on any atom is 0.224 e. The first-order chi connectivity index (χ1) is 7.52. The van der Waals surface area contributed by atoms with E-state index in [1.807, 2.05) is 13.8 Å². The molecule has 0 aliphatic heterocycles. The Labute approximate surface area is 103 Å². The molecule has 1 amide bonds. The van der Waals surface area contributed by atoms with Gasteiger partial charge in [-0.1, -0.05) is 36.2 Å². The monoisotopic (exact) mass is 287 g/mol. The van der Waals surface area contributed by atoms with E-state index in [4.69, 9.17) is 0 Å². The topological polar surface area (TPSA) is 29.1 Å². The van der Waals surface area contributed by atoms with Crippen molar-refractivity contribution in [1.29, 1.82) is 0 Å². The van der Waals surface area contributed by atoms with Gasteiger partial charge in [-0.3, -0.25) is 4.79 Å². The van der Waals surface area contributed by atoms with Gasteiger partial charge in [0, 0.05) is 10.9 Å². The zero-order chi connectivity index (χ0) is 12.1. The van der Waals surface area contributed by atoms with Crippen molar-refractivity contribution in [3.63, 3.8) is 0 Å². The quantitative estimate of drug-likeness (QED) is 0.892. The zero-order valence-corrected chi connectivity index (χ0v) is 11.0. The van der Waals surface area contributed by atoms with Crippen LogP contribution in [0.2, 0.25) is 0 Å². The third-order valence-electron chi connectivity index (χ3n) is 2.44. The molecule has 0 aliphatic rings. The third-order valence-corrected chi connectivity index (χ3v) is 2.93. The Morgan fingerprint density at radius 1 is 1.56 bits per heavy atom. The van der Waals surface area contributed by atoms with Gasteiger partial charge in [-0.05, 0) is 24.1 Å². The van der Waals surface area contributed by atoms with Crippen molar-refractivity contribution in [2.45, 2.75) is 26.7 Å². The molecule has 2 nitrogen and oxygen atoms in total. The summed E-state index contributed by atoms with van der Waals surface area (Å²) in [7, 11) is 0. The fraction of sp³-hybridized carbons (Fsp3) is 0.417. The van der Waals surface area contributed by atoms with Crippen LogP contribution in [0.4, 0.5) is 10.1 Å². The minimum Gasteiger partial charge on any atom is -0.324 e. The van der Waals surface area contributed by atoms with E-state index in [9.17, 15) is 9.18 Å². The zero-order valence-electron chi connectivity index (χ0n) is 9.39. The van der Waals surface area contributed by atoms with Gasteiger partial charge < -0.3 is 5.32 Å². The van der Waals surface area contributed by atoms with E-state index in [0.717, 1.165) is 6.42 Å². The van der Waals surface area contributed by atoms with Gasteiger partial charge in [-0.15, -0.1) is 0 Å². The summed E-state index contributed by atoms with van der Waals surface area (Å²) in [5.41, 5.74) is 0.233. The highest BCUT2D eigenvalue weighted by Crippen LogP contribution is 2.20. The lowest BCUT2D eigenvalue weighted by Crippen LogP contribution is -2.15. The number of benzene rings is 1. The van der Waals surface area contributed by atoms with E-state index in [0.29, 0.717) is 16.8 Å². The second kappa shape index (κ2) is 5.99. The number of hydrogen-bond acceptors (Lipinski definition) is 1. The molecule has 0 spiro atoms. The SMILES string of the molecule is CCC(C)CC(=O)Nc1ccc(Br)cc1F. The average Bonchev–Trinajstić information content (AvgIpc) is 2.22. The van der Waals surface area contributed by atoms with Crippen molar-refractivity contribution < 1.29 is 9.18 Å². The molecular formula is C12H15BrFNO. The molecule has 0 radical (unpaired) electrons. The Kier molecular flexibility index (Phi) is 4.93. The fourth-order valence-corrected chi connectivity index (χ4v) is 1.59. The second-order valence-corrected chi connectivity index (χ2v) is 4.81. The maximum absolute atomic E-state index is 13.4. The van der Waals surface area contributed by atoms with Gasteiger partial charge in [0.15, 0.2) is 0 Å². The summed E-state index contributed by atoms with van der Waals surface area (Å²) in [4.78, 5) is 11.5. The molecule has 0 heterocycles. The number of carbonyl (C=O) groups excluding carboxylic acids is 1. The van der Waals surface area contributed by atoms with Crippen molar-refractivity contribution in [3.05, 3.63) is 28.5 Å². The predicted octanol–water partition coefficient (Wildman–Crippen LogP) is 3.96. The highest BCUT2D eigenvalue weighted by Gasteiger charge is 2.10. The molecule has 0 aliphatic carbocycles. The molecule has 0 saturated heterocycles. The van der Waals surface area contributed by atoms with Gasteiger partial charge in [0.1, 0.15) is 5.82 Å². The van der Waals surface area contributed by atoms with Crippen LogP contribution in [0, 0.1) is 11.7 Å². The lowest BCUT2D eigenvalue weighted by Gasteiger charge is -2.09. The van der Waals surface area contributed by atoms with Crippen LogP contribution in [0.5, 0.6) is 0 Å². The van der Waals surface area contributed by atoms with Crippen LogP contribution in [0.25, 0.3) is 0 Å². The number of anilines is 1. The summed E-state index contributed by atoms with van der Waals surface area (Å²) in [6.07, 6.45) is 1.36. The Morgan fingerprint density at radius 2 is 2.25 bits per heavy atom. The second-order valence-electron chi connectivity index (χ2n) is 3.89. The molecule has 1 aromatic carbocycles. The normalized spacial score (nSPS) is 12.2. The lowest BCUT2D eigenvalue weighted by molar-refractivity contribution is -0.117. The van der Waals surface area contributed by atoms with E-state index >= 15 is 0 Å². The standard InChI is InChI=1S/C12H15BrFNO/c1-3-8(2)6-12(16)15-11-5-4-9(13)7-10(11)14/h4-5,7-8H,3,6H2,1-2H3,(H,15,16). The Hall–Kier alpha value is -0.900. The van der Waals surface area contributed by atoms with Crippen molar-refractivity contribution >= 4 is 27.5 Å². The summed E-state index contributed by atoms with van der Waals surface area (Å²) in [6, 6.07) is 4.58. The molecule has 1 atom stereocenters. The van der Waals surface area contributed by atoms with E-state index in [1.165, 1.54) is 6.07 Å². The number of rotatable bonds is 4. The molecular weight excluding hydrogens is 273 g/mol. The highest BCUT2D eigenvalue weighted by atomic mass is 79.9. The first-order valence-corrected chi connectivity index (χ1v) is 6.07. The summed E-state index contributed by atoms with van der Waals surface area (Å²) in [6.45, 7) is 4.02. The Balaban J connectivity index is 2.63. The van der Waals surface area contributed by atoms with Crippen LogP contribution >= 0.6 is 15.9 Å². The minimum absolute atomic E-state index is 0.143. The van der Waals surface area contributed by atoms with Crippen molar-refractivity contribution in [1.82, 2.24) is 0 Å². The number of carbonyl (C=O) groups is 1. The van der Waals surface area contributed by atoms with Crippen LogP contribution in [-0.2, 0) is 4.79 Å². The third kappa shape index (κ3) is 3.93. The van der Waals surface area contributed by atoms with Gasteiger partial charge >= 0.3 is 0 Å². The fourth-order valence-electron chi connectivity index (χ4n) is 1.25. The molecule has 1 unspecified atom stereocenters. The first-order valence-electron chi connectivity index (χ1n) is 5.27. The van der Waals surface area contributed by atoms with Gasteiger partial charge in [0.05, 0.1) is 5.69 Å². The van der Waals surface area contributed by atoms with Gasteiger partial charge in [-0.25, -0.2) is 4.39 Å². The smallest absolute Gasteiger partial charge is 0.224 e. The van der Waals surface area contributed by atoms with Gasteiger partial charge in [0.25, 0.3) is 0 Å². The molecule has 0 bridgehead atoms. The van der Waals surface area contributed by atoms with Crippen LogP contribution in [0.1, 0.15) is 26.7 Å². The van der Waals surface area contributed by atoms with Crippen LogP contribution in [-0.4, -0.2) is 5.91 Å². The van der Waals surface area contributed by atoms with Crippen LogP contribution < -0.4 is 5.32 Å². The molecule has 4 heteroatoms. The maximum atomic E-state index is 13.4. The summed E-state index contributed by atoms with van der Waals surface area (Å²) in [5, 5.41) is 2.57. The van der Waals surface area contributed by atoms with Crippen LogP contribution in [0.15, 0.2) is 22.7 Å². The molecule has 1 rings (SSSR count). The number of halogens is 2. The van der Waals surface area contributed by atoms with Gasteiger partial charge in [-0.2, -0.15) is 0 Å². The van der Waals surface area contributed by atoms with Crippen molar-refractivity contribution in [2.24, 2.45) is 5.92 Å². The summed E-state index contributed by atoms with van der Waals surface area (Å²) in [5.74, 6) is -0.249. The van der Waals surface area contributed by atoms with E-state index in [2.05, 4.69) is 21.2 Å². The van der Waals surface area contributed by atoms with Crippen molar-refractivity contribution in [2.75, 3.05) is 5.32 Å². The molecule has 1 N–H and O–H groups in total.